The lowest BCUT2D eigenvalue weighted by Crippen LogP contribution is -2.17. The topological polar surface area (TPSA) is 68.7 Å². The molecule has 0 aliphatic rings. The van der Waals surface area contributed by atoms with Crippen molar-refractivity contribution >= 4 is 23.0 Å². The van der Waals surface area contributed by atoms with E-state index in [4.69, 9.17) is 14.2 Å². The van der Waals surface area contributed by atoms with Crippen molar-refractivity contribution < 1.29 is 14.2 Å². The molecule has 7 heteroatoms. The van der Waals surface area contributed by atoms with Crippen LogP contribution in [0.1, 0.15) is 6.92 Å². The van der Waals surface area contributed by atoms with Gasteiger partial charge in [0.25, 0.3) is 0 Å². The fourth-order valence-electron chi connectivity index (χ4n) is 2.95. The number of hydrogen-bond donors (Lipinski definition) is 1. The zero-order valence-electron chi connectivity index (χ0n) is 16.5. The summed E-state index contributed by atoms with van der Waals surface area (Å²) in [6, 6.07) is 15.7. The summed E-state index contributed by atoms with van der Waals surface area (Å²) >= 11 is 0. The number of rotatable bonds is 8. The van der Waals surface area contributed by atoms with Gasteiger partial charge in [-0.15, -0.1) is 0 Å². The maximum absolute atomic E-state index is 5.41. The second-order valence-electron chi connectivity index (χ2n) is 5.88. The molecule has 146 valence electrons. The van der Waals surface area contributed by atoms with Crippen LogP contribution in [0.15, 0.2) is 54.9 Å². The molecule has 0 radical (unpaired) electrons. The van der Waals surface area contributed by atoms with Crippen molar-refractivity contribution in [1.29, 1.82) is 0 Å². The molecule has 1 aromatic heterocycles. The average Bonchev–Trinajstić information content (AvgIpc) is 2.74. The normalized spacial score (nSPS) is 10.3. The van der Waals surface area contributed by atoms with Crippen LogP contribution in [0.2, 0.25) is 0 Å². The van der Waals surface area contributed by atoms with Gasteiger partial charge in [-0.05, 0) is 19.1 Å². The number of hydrogen-bond acceptors (Lipinski definition) is 7. The molecule has 0 bridgehead atoms. The van der Waals surface area contributed by atoms with E-state index >= 15 is 0 Å². The van der Waals surface area contributed by atoms with E-state index in [-0.39, 0.29) is 0 Å². The Morgan fingerprint density at radius 2 is 1.57 bits per heavy atom. The summed E-state index contributed by atoms with van der Waals surface area (Å²) in [5.74, 6) is 3.14. The molecule has 28 heavy (non-hydrogen) atoms. The lowest BCUT2D eigenvalue weighted by atomic mass is 10.2. The van der Waals surface area contributed by atoms with Crippen molar-refractivity contribution in [2.24, 2.45) is 0 Å². The highest BCUT2D eigenvalue weighted by molar-refractivity contribution is 5.69. The minimum atomic E-state index is 0.542. The summed E-state index contributed by atoms with van der Waals surface area (Å²) in [7, 11) is 4.75. The van der Waals surface area contributed by atoms with Crippen molar-refractivity contribution in [2.45, 2.75) is 6.92 Å². The van der Waals surface area contributed by atoms with E-state index in [1.165, 1.54) is 0 Å². The number of nitrogens with one attached hydrogen (secondary N) is 1. The summed E-state index contributed by atoms with van der Waals surface area (Å²) < 4.78 is 16.2. The molecule has 0 fully saturated rings. The summed E-state index contributed by atoms with van der Waals surface area (Å²) in [5, 5.41) is 3.28. The van der Waals surface area contributed by atoms with E-state index in [0.29, 0.717) is 23.1 Å². The van der Waals surface area contributed by atoms with Crippen LogP contribution in [-0.4, -0.2) is 37.8 Å². The Morgan fingerprint density at radius 1 is 0.893 bits per heavy atom. The third kappa shape index (κ3) is 4.09. The summed E-state index contributed by atoms with van der Waals surface area (Å²) in [6.07, 6.45) is 1.54. The molecule has 0 saturated heterocycles. The van der Waals surface area contributed by atoms with Crippen LogP contribution in [-0.2, 0) is 0 Å². The number of benzene rings is 2. The highest BCUT2D eigenvalue weighted by Gasteiger charge is 2.14. The van der Waals surface area contributed by atoms with Crippen molar-refractivity contribution in [3.63, 3.8) is 0 Å². The Hall–Kier alpha value is -3.48. The number of nitrogens with zero attached hydrogens (tertiary/aromatic N) is 3. The smallest absolute Gasteiger partial charge is 0.203 e. The minimum Gasteiger partial charge on any atom is -0.493 e. The van der Waals surface area contributed by atoms with Gasteiger partial charge >= 0.3 is 0 Å². The van der Waals surface area contributed by atoms with Gasteiger partial charge in [0.15, 0.2) is 11.5 Å². The predicted molar refractivity (Wildman–Crippen MR) is 111 cm³/mol. The number of aromatic nitrogens is 2. The van der Waals surface area contributed by atoms with Crippen LogP contribution in [0.3, 0.4) is 0 Å². The molecule has 3 aromatic rings. The van der Waals surface area contributed by atoms with Crippen molar-refractivity contribution in [1.82, 2.24) is 9.97 Å². The van der Waals surface area contributed by atoms with Crippen LogP contribution in [0.4, 0.5) is 23.0 Å². The number of methoxy groups -OCH3 is 3. The fourth-order valence-corrected chi connectivity index (χ4v) is 2.95. The van der Waals surface area contributed by atoms with E-state index in [1.807, 2.05) is 36.4 Å². The molecule has 0 aliphatic carbocycles. The average molecular weight is 380 g/mol. The van der Waals surface area contributed by atoms with Crippen LogP contribution in [0, 0.1) is 0 Å². The Kier molecular flexibility index (Phi) is 6.16. The lowest BCUT2D eigenvalue weighted by Gasteiger charge is -2.22. The molecular weight excluding hydrogens is 356 g/mol. The highest BCUT2D eigenvalue weighted by Crippen LogP contribution is 2.40. The standard InChI is InChI=1S/C21H24N4O3/c1-5-25(16-9-7-6-8-10-16)20-13-19(22-14-23-20)24-15-11-17(26-2)21(28-4)18(12-15)27-3/h6-14H,5H2,1-4H3,(H,22,23,24). The second kappa shape index (κ2) is 8.94. The van der Waals surface area contributed by atoms with Gasteiger partial charge in [-0.1, -0.05) is 18.2 Å². The molecule has 1 N–H and O–H groups in total. The molecule has 0 amide bonds. The van der Waals surface area contributed by atoms with Gasteiger partial charge in [0.05, 0.1) is 21.3 Å². The maximum Gasteiger partial charge on any atom is 0.203 e. The SMILES string of the molecule is CCN(c1ccccc1)c1cc(Nc2cc(OC)c(OC)c(OC)c2)ncn1. The van der Waals surface area contributed by atoms with E-state index in [9.17, 15) is 0 Å². The summed E-state index contributed by atoms with van der Waals surface area (Å²) in [4.78, 5) is 10.9. The Labute approximate surface area is 164 Å². The molecular formula is C21H24N4O3. The first kappa shape index (κ1) is 19.3. The third-order valence-electron chi connectivity index (χ3n) is 4.25. The monoisotopic (exact) mass is 380 g/mol. The first-order valence-corrected chi connectivity index (χ1v) is 8.91. The molecule has 0 spiro atoms. The Bertz CT molecular complexity index is 894. The van der Waals surface area contributed by atoms with Crippen LogP contribution >= 0.6 is 0 Å². The van der Waals surface area contributed by atoms with Gasteiger partial charge < -0.3 is 24.4 Å². The van der Waals surface area contributed by atoms with Crippen LogP contribution in [0.25, 0.3) is 0 Å². The van der Waals surface area contributed by atoms with Gasteiger partial charge in [-0.3, -0.25) is 0 Å². The van der Waals surface area contributed by atoms with E-state index in [2.05, 4.69) is 39.2 Å². The maximum atomic E-state index is 5.41. The van der Waals surface area contributed by atoms with Crippen LogP contribution < -0.4 is 24.4 Å². The molecule has 0 unspecified atom stereocenters. The van der Waals surface area contributed by atoms with Crippen molar-refractivity contribution in [3.8, 4) is 17.2 Å². The zero-order valence-corrected chi connectivity index (χ0v) is 16.5. The first-order chi connectivity index (χ1) is 13.7. The quantitative estimate of drug-likeness (QED) is 0.621. The van der Waals surface area contributed by atoms with Gasteiger partial charge in [0.2, 0.25) is 5.75 Å². The van der Waals surface area contributed by atoms with Gasteiger partial charge in [0.1, 0.15) is 18.0 Å². The lowest BCUT2D eigenvalue weighted by molar-refractivity contribution is 0.324. The van der Waals surface area contributed by atoms with E-state index in [1.54, 1.807) is 27.7 Å². The number of anilines is 4. The third-order valence-corrected chi connectivity index (χ3v) is 4.25. The fraction of sp³-hybridized carbons (Fsp3) is 0.238. The molecule has 0 atom stereocenters. The minimum absolute atomic E-state index is 0.542. The van der Waals surface area contributed by atoms with Gasteiger partial charge in [-0.25, -0.2) is 9.97 Å². The highest BCUT2D eigenvalue weighted by atomic mass is 16.5. The Morgan fingerprint density at radius 3 is 2.14 bits per heavy atom. The molecule has 0 aliphatic heterocycles. The molecule has 0 saturated carbocycles. The zero-order chi connectivity index (χ0) is 19.9. The summed E-state index contributed by atoms with van der Waals surface area (Å²) in [6.45, 7) is 2.87. The van der Waals surface area contributed by atoms with E-state index in [0.717, 1.165) is 23.7 Å². The van der Waals surface area contributed by atoms with Gasteiger partial charge in [0, 0.05) is 36.1 Å². The largest absolute Gasteiger partial charge is 0.493 e. The molecule has 3 rings (SSSR count). The molecule has 1 heterocycles. The van der Waals surface area contributed by atoms with Gasteiger partial charge in [-0.2, -0.15) is 0 Å². The van der Waals surface area contributed by atoms with Crippen LogP contribution in [0.5, 0.6) is 17.2 Å². The predicted octanol–water partition coefficient (Wildman–Crippen LogP) is 4.40. The number of para-hydroxylation sites is 1. The Balaban J connectivity index is 1.91. The molecule has 7 nitrogen and oxygen atoms in total. The number of ether oxygens (including phenoxy) is 3. The second-order valence-corrected chi connectivity index (χ2v) is 5.88. The van der Waals surface area contributed by atoms with Crippen molar-refractivity contribution in [2.75, 3.05) is 38.1 Å². The molecule has 2 aromatic carbocycles. The van der Waals surface area contributed by atoms with E-state index < -0.39 is 0 Å². The van der Waals surface area contributed by atoms with Crippen molar-refractivity contribution in [3.05, 3.63) is 54.9 Å². The first-order valence-electron chi connectivity index (χ1n) is 8.91. The summed E-state index contributed by atoms with van der Waals surface area (Å²) in [5.41, 5.74) is 1.84.